The van der Waals surface area contributed by atoms with Crippen LogP contribution in [0.4, 0.5) is 5.95 Å². The topological polar surface area (TPSA) is 114 Å². The first-order chi connectivity index (χ1) is 12.5. The molecule has 1 aromatic carbocycles. The molecule has 1 fully saturated rings. The minimum atomic E-state index is -3.55. The van der Waals surface area contributed by atoms with E-state index in [0.717, 1.165) is 5.69 Å². The zero-order valence-corrected chi connectivity index (χ0v) is 15.6. The normalized spacial score (nSPS) is 21.6. The van der Waals surface area contributed by atoms with Gasteiger partial charge in [0.05, 0.1) is 17.9 Å². The largest absolute Gasteiger partial charge is 0.373 e. The highest BCUT2D eigenvalue weighted by atomic mass is 32.2. The van der Waals surface area contributed by atoms with E-state index < -0.39 is 10.2 Å². The molecule has 0 spiro atoms. The first-order valence-electron chi connectivity index (χ1n) is 8.43. The van der Waals surface area contributed by atoms with Gasteiger partial charge in [0.25, 0.3) is 10.2 Å². The number of benzene rings is 1. The zero-order valence-electron chi connectivity index (χ0n) is 14.7. The SMILES string of the molecule is CC1CN(S(=O)(=O)NCCNc2nnnn2-c2ccccc2)CC(C)O1. The maximum atomic E-state index is 12.4. The number of morpholine rings is 1. The number of hydrogen-bond donors (Lipinski definition) is 2. The predicted octanol–water partition coefficient (Wildman–Crippen LogP) is 0.0178. The van der Waals surface area contributed by atoms with Crippen LogP contribution in [0.15, 0.2) is 30.3 Å². The molecule has 10 nitrogen and oxygen atoms in total. The van der Waals surface area contributed by atoms with E-state index >= 15 is 0 Å². The van der Waals surface area contributed by atoms with Gasteiger partial charge in [-0.2, -0.15) is 17.4 Å². The number of nitrogens with one attached hydrogen (secondary N) is 2. The van der Waals surface area contributed by atoms with E-state index in [-0.39, 0.29) is 18.8 Å². The molecule has 0 amide bonds. The Hall–Kier alpha value is -2.08. The lowest BCUT2D eigenvalue weighted by molar-refractivity contribution is -0.0443. The molecule has 1 saturated heterocycles. The third kappa shape index (κ3) is 4.55. The second-order valence-corrected chi connectivity index (χ2v) is 7.91. The Kier molecular flexibility index (Phi) is 5.81. The Bertz CT molecular complexity index is 802. The van der Waals surface area contributed by atoms with E-state index in [2.05, 4.69) is 25.6 Å². The monoisotopic (exact) mass is 381 g/mol. The molecule has 2 atom stereocenters. The van der Waals surface area contributed by atoms with Crippen molar-refractivity contribution in [1.82, 2.24) is 29.2 Å². The van der Waals surface area contributed by atoms with Crippen molar-refractivity contribution < 1.29 is 13.2 Å². The molecule has 1 aromatic heterocycles. The quantitative estimate of drug-likeness (QED) is 0.650. The fourth-order valence-electron chi connectivity index (χ4n) is 2.81. The number of nitrogens with zero attached hydrogens (tertiary/aromatic N) is 5. The van der Waals surface area contributed by atoms with Gasteiger partial charge in [-0.15, -0.1) is 0 Å². The number of para-hydroxylation sites is 1. The summed E-state index contributed by atoms with van der Waals surface area (Å²) in [4.78, 5) is 0. The van der Waals surface area contributed by atoms with Gasteiger partial charge in [-0.25, -0.2) is 4.72 Å². The lowest BCUT2D eigenvalue weighted by Gasteiger charge is -2.34. The van der Waals surface area contributed by atoms with E-state index in [9.17, 15) is 8.42 Å². The van der Waals surface area contributed by atoms with Gasteiger partial charge in [0.2, 0.25) is 5.95 Å². The van der Waals surface area contributed by atoms with Gasteiger partial charge in [0.15, 0.2) is 0 Å². The van der Waals surface area contributed by atoms with Crippen molar-refractivity contribution in [2.45, 2.75) is 26.1 Å². The van der Waals surface area contributed by atoms with Gasteiger partial charge in [0.1, 0.15) is 0 Å². The van der Waals surface area contributed by atoms with Crippen LogP contribution in [0.5, 0.6) is 0 Å². The van der Waals surface area contributed by atoms with Crippen LogP contribution in [0.25, 0.3) is 5.69 Å². The molecule has 3 rings (SSSR count). The van der Waals surface area contributed by atoms with Crippen molar-refractivity contribution in [3.05, 3.63) is 30.3 Å². The molecule has 0 saturated carbocycles. The number of ether oxygens (including phenoxy) is 1. The van der Waals surface area contributed by atoms with Crippen molar-refractivity contribution in [2.75, 3.05) is 31.5 Å². The molecule has 2 N–H and O–H groups in total. The van der Waals surface area contributed by atoms with Gasteiger partial charge in [-0.1, -0.05) is 23.3 Å². The van der Waals surface area contributed by atoms with Gasteiger partial charge in [0, 0.05) is 26.2 Å². The average molecular weight is 381 g/mol. The van der Waals surface area contributed by atoms with E-state index in [1.165, 1.54) is 4.31 Å². The Morgan fingerprint density at radius 1 is 1.15 bits per heavy atom. The lowest BCUT2D eigenvalue weighted by atomic mass is 10.3. The summed E-state index contributed by atoms with van der Waals surface area (Å²) in [6, 6.07) is 9.44. The molecule has 26 heavy (non-hydrogen) atoms. The van der Waals surface area contributed by atoms with Crippen LogP contribution in [0.1, 0.15) is 13.8 Å². The Morgan fingerprint density at radius 2 is 1.85 bits per heavy atom. The second-order valence-electron chi connectivity index (χ2n) is 6.15. The summed E-state index contributed by atoms with van der Waals surface area (Å²) in [6.45, 7) is 4.98. The van der Waals surface area contributed by atoms with Crippen LogP contribution in [-0.4, -0.2) is 71.3 Å². The standard InChI is InChI=1S/C15H23N7O3S/c1-12-10-21(11-13(2)25-12)26(23,24)17-9-8-16-15-18-19-20-22(15)14-6-4-3-5-7-14/h3-7,12-13,17H,8-11H2,1-2H3,(H,16,18,20). The van der Waals surface area contributed by atoms with E-state index in [1.807, 2.05) is 44.2 Å². The number of rotatable bonds is 7. The zero-order chi connectivity index (χ0) is 18.6. The summed E-state index contributed by atoms with van der Waals surface area (Å²) in [6.07, 6.45) is -0.243. The molecule has 142 valence electrons. The summed E-state index contributed by atoms with van der Waals surface area (Å²) >= 11 is 0. The molecule has 0 aliphatic carbocycles. The molecule has 0 radical (unpaired) electrons. The summed E-state index contributed by atoms with van der Waals surface area (Å²) in [5.41, 5.74) is 0.817. The summed E-state index contributed by atoms with van der Waals surface area (Å²) in [5, 5.41) is 14.6. The van der Waals surface area contributed by atoms with E-state index in [0.29, 0.717) is 25.6 Å². The molecule has 1 aliphatic rings. The summed E-state index contributed by atoms with van der Waals surface area (Å²) < 4.78 is 36.0. The maximum absolute atomic E-state index is 12.4. The highest BCUT2D eigenvalue weighted by Gasteiger charge is 2.30. The molecular weight excluding hydrogens is 358 g/mol. The smallest absolute Gasteiger partial charge is 0.279 e. The fourth-order valence-corrected chi connectivity index (χ4v) is 4.17. The Morgan fingerprint density at radius 3 is 2.54 bits per heavy atom. The first-order valence-corrected chi connectivity index (χ1v) is 9.87. The van der Waals surface area contributed by atoms with E-state index in [4.69, 9.17) is 4.74 Å². The number of aromatic nitrogens is 4. The predicted molar refractivity (Wildman–Crippen MR) is 96.1 cm³/mol. The van der Waals surface area contributed by atoms with Crippen LogP contribution < -0.4 is 10.0 Å². The van der Waals surface area contributed by atoms with Gasteiger partial charge >= 0.3 is 0 Å². The number of anilines is 1. The first kappa shape index (κ1) is 18.7. The second kappa shape index (κ2) is 8.08. The van der Waals surface area contributed by atoms with Crippen molar-refractivity contribution in [2.24, 2.45) is 0 Å². The van der Waals surface area contributed by atoms with Crippen molar-refractivity contribution >= 4 is 16.2 Å². The lowest BCUT2D eigenvalue weighted by Crippen LogP contribution is -2.52. The molecular formula is C15H23N7O3S. The van der Waals surface area contributed by atoms with Crippen LogP contribution in [-0.2, 0) is 14.9 Å². The molecule has 1 aliphatic heterocycles. The third-order valence-electron chi connectivity index (χ3n) is 3.89. The van der Waals surface area contributed by atoms with Crippen LogP contribution in [0.2, 0.25) is 0 Å². The van der Waals surface area contributed by atoms with Crippen LogP contribution >= 0.6 is 0 Å². The number of tetrazole rings is 1. The minimum absolute atomic E-state index is 0.121. The summed E-state index contributed by atoms with van der Waals surface area (Å²) in [7, 11) is -3.55. The number of hydrogen-bond acceptors (Lipinski definition) is 7. The Labute approximate surface area is 152 Å². The molecule has 0 bridgehead atoms. The highest BCUT2D eigenvalue weighted by Crippen LogP contribution is 2.13. The third-order valence-corrected chi connectivity index (χ3v) is 5.44. The van der Waals surface area contributed by atoms with Gasteiger partial charge < -0.3 is 10.1 Å². The molecule has 2 unspecified atom stereocenters. The maximum Gasteiger partial charge on any atom is 0.279 e. The highest BCUT2D eigenvalue weighted by molar-refractivity contribution is 7.87. The minimum Gasteiger partial charge on any atom is -0.373 e. The van der Waals surface area contributed by atoms with Crippen LogP contribution in [0.3, 0.4) is 0 Å². The Balaban J connectivity index is 1.52. The van der Waals surface area contributed by atoms with Crippen molar-refractivity contribution in [3.63, 3.8) is 0 Å². The fraction of sp³-hybridized carbons (Fsp3) is 0.533. The van der Waals surface area contributed by atoms with Crippen molar-refractivity contribution in [3.8, 4) is 5.69 Å². The summed E-state index contributed by atoms with van der Waals surface area (Å²) in [5.74, 6) is 0.448. The van der Waals surface area contributed by atoms with Gasteiger partial charge in [-0.3, -0.25) is 0 Å². The van der Waals surface area contributed by atoms with Crippen LogP contribution in [0, 0.1) is 0 Å². The molecule has 11 heteroatoms. The molecule has 2 aromatic rings. The van der Waals surface area contributed by atoms with E-state index in [1.54, 1.807) is 4.68 Å². The molecule has 2 heterocycles. The van der Waals surface area contributed by atoms with Crippen molar-refractivity contribution in [1.29, 1.82) is 0 Å². The average Bonchev–Trinajstić information content (AvgIpc) is 3.07. The van der Waals surface area contributed by atoms with Gasteiger partial charge in [-0.05, 0) is 36.4 Å².